The van der Waals surface area contributed by atoms with Gasteiger partial charge in [0.05, 0.1) is 5.60 Å². The molecule has 5 nitrogen and oxygen atoms in total. The molecule has 2 amide bonds. The van der Waals surface area contributed by atoms with Gasteiger partial charge in [-0.25, -0.2) is 0 Å². The van der Waals surface area contributed by atoms with Crippen molar-refractivity contribution in [3.8, 4) is 0 Å². The van der Waals surface area contributed by atoms with Crippen LogP contribution in [-0.4, -0.2) is 58.5 Å². The zero-order valence-corrected chi connectivity index (χ0v) is 15.5. The maximum absolute atomic E-state index is 12.6. The minimum atomic E-state index is -0.756. The molecule has 0 aromatic heterocycles. The molecular weight excluding hydrogens is 372 g/mol. The molecule has 0 spiro atoms. The Balaban J connectivity index is 1.55. The van der Waals surface area contributed by atoms with Crippen molar-refractivity contribution in [3.63, 3.8) is 0 Å². The Labute approximate surface area is 150 Å². The molecule has 2 fully saturated rings. The Morgan fingerprint density at radius 1 is 1.12 bits per heavy atom. The van der Waals surface area contributed by atoms with Gasteiger partial charge in [0.15, 0.2) is 0 Å². The van der Waals surface area contributed by atoms with Crippen LogP contribution in [0.3, 0.4) is 0 Å². The van der Waals surface area contributed by atoms with Crippen molar-refractivity contribution in [3.05, 3.63) is 34.3 Å². The van der Waals surface area contributed by atoms with Crippen molar-refractivity contribution in [2.45, 2.75) is 31.8 Å². The lowest BCUT2D eigenvalue weighted by atomic mass is 9.95. The van der Waals surface area contributed by atoms with Gasteiger partial charge in [0.1, 0.15) is 0 Å². The van der Waals surface area contributed by atoms with Gasteiger partial charge in [0.25, 0.3) is 5.91 Å². The molecule has 2 aliphatic rings. The fourth-order valence-electron chi connectivity index (χ4n) is 3.50. The third-order valence-corrected chi connectivity index (χ3v) is 5.51. The monoisotopic (exact) mass is 394 g/mol. The molecule has 130 valence electrons. The highest BCUT2D eigenvalue weighted by atomic mass is 79.9. The van der Waals surface area contributed by atoms with Gasteiger partial charge in [-0.15, -0.1) is 0 Å². The van der Waals surface area contributed by atoms with E-state index in [4.69, 9.17) is 0 Å². The van der Waals surface area contributed by atoms with Gasteiger partial charge >= 0.3 is 0 Å². The molecule has 2 heterocycles. The van der Waals surface area contributed by atoms with Crippen LogP contribution in [0.15, 0.2) is 28.7 Å². The Bertz CT molecular complexity index is 622. The molecule has 2 aliphatic heterocycles. The average Bonchev–Trinajstić information content (AvgIpc) is 2.94. The third-order valence-electron chi connectivity index (χ3n) is 4.99. The first kappa shape index (κ1) is 17.4. The van der Waals surface area contributed by atoms with E-state index in [1.807, 2.05) is 29.2 Å². The van der Waals surface area contributed by atoms with E-state index in [1.54, 1.807) is 11.8 Å². The van der Waals surface area contributed by atoms with Crippen LogP contribution in [0, 0.1) is 5.92 Å². The van der Waals surface area contributed by atoms with Gasteiger partial charge in [0, 0.05) is 42.1 Å². The molecule has 24 heavy (non-hydrogen) atoms. The molecule has 0 aliphatic carbocycles. The minimum absolute atomic E-state index is 0.0255. The Kier molecular flexibility index (Phi) is 4.97. The summed E-state index contributed by atoms with van der Waals surface area (Å²) >= 11 is 3.37. The van der Waals surface area contributed by atoms with Gasteiger partial charge in [-0.3, -0.25) is 9.59 Å². The summed E-state index contributed by atoms with van der Waals surface area (Å²) in [5, 5.41) is 10.0. The summed E-state index contributed by atoms with van der Waals surface area (Å²) in [5.74, 6) is 0.119. The Hall–Kier alpha value is -1.40. The van der Waals surface area contributed by atoms with Crippen molar-refractivity contribution in [1.29, 1.82) is 0 Å². The quantitative estimate of drug-likeness (QED) is 0.836. The summed E-state index contributed by atoms with van der Waals surface area (Å²) in [6.07, 6.45) is 2.03. The number of hydrogen-bond donors (Lipinski definition) is 1. The molecule has 0 unspecified atom stereocenters. The lowest BCUT2D eigenvalue weighted by Crippen LogP contribution is -2.44. The Morgan fingerprint density at radius 2 is 1.75 bits per heavy atom. The van der Waals surface area contributed by atoms with Crippen LogP contribution in [0.2, 0.25) is 0 Å². The van der Waals surface area contributed by atoms with E-state index in [1.165, 1.54) is 0 Å². The van der Waals surface area contributed by atoms with E-state index in [9.17, 15) is 14.7 Å². The first-order valence-corrected chi connectivity index (χ1v) is 9.21. The van der Waals surface area contributed by atoms with Crippen LogP contribution in [0.1, 0.15) is 36.5 Å². The van der Waals surface area contributed by atoms with E-state index >= 15 is 0 Å². The second kappa shape index (κ2) is 6.84. The van der Waals surface area contributed by atoms with Crippen molar-refractivity contribution in [2.24, 2.45) is 5.92 Å². The molecule has 1 aromatic carbocycles. The molecule has 1 atom stereocenters. The van der Waals surface area contributed by atoms with Gasteiger partial charge < -0.3 is 14.9 Å². The second-order valence-electron chi connectivity index (χ2n) is 7.08. The highest BCUT2D eigenvalue weighted by Crippen LogP contribution is 2.26. The van der Waals surface area contributed by atoms with Crippen LogP contribution in [0.4, 0.5) is 0 Å². The van der Waals surface area contributed by atoms with Crippen molar-refractivity contribution in [1.82, 2.24) is 9.80 Å². The number of amides is 2. The minimum Gasteiger partial charge on any atom is -0.388 e. The number of β-amino-alcohol motifs (C(OH)–C–C–N with tert-alkyl or cyclic N) is 1. The summed E-state index contributed by atoms with van der Waals surface area (Å²) in [4.78, 5) is 28.7. The lowest BCUT2D eigenvalue weighted by Gasteiger charge is -2.33. The van der Waals surface area contributed by atoms with Crippen LogP contribution < -0.4 is 0 Å². The number of nitrogens with zero attached hydrogens (tertiary/aromatic N) is 2. The number of benzene rings is 1. The average molecular weight is 395 g/mol. The van der Waals surface area contributed by atoms with Gasteiger partial charge in [-0.1, -0.05) is 15.9 Å². The smallest absolute Gasteiger partial charge is 0.253 e. The van der Waals surface area contributed by atoms with Crippen molar-refractivity contribution >= 4 is 27.7 Å². The number of piperidine rings is 1. The number of carbonyl (C=O) groups is 2. The number of carbonyl (C=O) groups excluding carboxylic acids is 2. The summed E-state index contributed by atoms with van der Waals surface area (Å²) in [6.45, 7) is 4.04. The molecule has 2 saturated heterocycles. The number of likely N-dealkylation sites (tertiary alicyclic amines) is 2. The normalized spacial score (nSPS) is 25.1. The van der Waals surface area contributed by atoms with Crippen LogP contribution in [-0.2, 0) is 4.79 Å². The fraction of sp³-hybridized carbons (Fsp3) is 0.556. The van der Waals surface area contributed by atoms with Gasteiger partial charge in [0.2, 0.25) is 5.91 Å². The largest absolute Gasteiger partial charge is 0.388 e. The van der Waals surface area contributed by atoms with Crippen LogP contribution in [0.25, 0.3) is 0 Å². The fourth-order valence-corrected chi connectivity index (χ4v) is 3.76. The van der Waals surface area contributed by atoms with Crippen molar-refractivity contribution < 1.29 is 14.7 Å². The second-order valence-corrected chi connectivity index (χ2v) is 8.00. The number of hydrogen-bond acceptors (Lipinski definition) is 3. The summed E-state index contributed by atoms with van der Waals surface area (Å²) < 4.78 is 0.949. The molecule has 1 aromatic rings. The third kappa shape index (κ3) is 3.81. The highest BCUT2D eigenvalue weighted by molar-refractivity contribution is 9.10. The zero-order valence-electron chi connectivity index (χ0n) is 13.9. The van der Waals surface area contributed by atoms with Crippen molar-refractivity contribution in [2.75, 3.05) is 26.2 Å². The predicted octanol–water partition coefficient (Wildman–Crippen LogP) is 2.28. The van der Waals surface area contributed by atoms with Gasteiger partial charge in [-0.05, 0) is 50.5 Å². The molecule has 0 radical (unpaired) electrons. The molecule has 1 N–H and O–H groups in total. The SMILES string of the molecule is C[C@@]1(O)CCN(C(=O)C2CCN(C(=O)c3ccc(Br)cc3)CC2)C1. The maximum atomic E-state index is 12.6. The number of halogens is 1. The van der Waals surface area contributed by atoms with Crippen LogP contribution in [0.5, 0.6) is 0 Å². The zero-order chi connectivity index (χ0) is 17.3. The Morgan fingerprint density at radius 3 is 2.29 bits per heavy atom. The number of rotatable bonds is 2. The van der Waals surface area contributed by atoms with E-state index in [0.29, 0.717) is 51.0 Å². The van der Waals surface area contributed by atoms with E-state index in [2.05, 4.69) is 15.9 Å². The predicted molar refractivity (Wildman–Crippen MR) is 94.6 cm³/mol. The van der Waals surface area contributed by atoms with Crippen LogP contribution >= 0.6 is 15.9 Å². The van der Waals surface area contributed by atoms with Gasteiger partial charge in [-0.2, -0.15) is 0 Å². The first-order valence-electron chi connectivity index (χ1n) is 8.42. The molecule has 0 saturated carbocycles. The standard InChI is InChI=1S/C18H23BrN2O3/c1-18(24)8-11-21(12-18)17(23)14-6-9-20(10-7-14)16(22)13-2-4-15(19)5-3-13/h2-5,14,24H,6-12H2,1H3/t18-/m1/s1. The lowest BCUT2D eigenvalue weighted by molar-refractivity contribution is -0.136. The number of aliphatic hydroxyl groups is 1. The first-order chi connectivity index (χ1) is 11.4. The summed E-state index contributed by atoms with van der Waals surface area (Å²) in [6, 6.07) is 7.36. The summed E-state index contributed by atoms with van der Waals surface area (Å²) in [7, 11) is 0. The molecule has 3 rings (SSSR count). The maximum Gasteiger partial charge on any atom is 0.253 e. The van der Waals surface area contributed by atoms with E-state index < -0.39 is 5.60 Å². The molecule has 0 bridgehead atoms. The van der Waals surface area contributed by atoms with E-state index in [-0.39, 0.29) is 17.7 Å². The highest BCUT2D eigenvalue weighted by Gasteiger charge is 2.37. The summed E-state index contributed by atoms with van der Waals surface area (Å²) in [5.41, 5.74) is -0.0768. The topological polar surface area (TPSA) is 60.9 Å². The molecule has 6 heteroatoms. The molecular formula is C18H23BrN2O3. The van der Waals surface area contributed by atoms with E-state index in [0.717, 1.165) is 4.47 Å².